The Morgan fingerprint density at radius 2 is 1.95 bits per heavy atom. The smallest absolute Gasteiger partial charge is 0.253 e. The van der Waals surface area contributed by atoms with E-state index in [2.05, 4.69) is 5.32 Å². The molecule has 2 atom stereocenters. The summed E-state index contributed by atoms with van der Waals surface area (Å²) in [6.07, 6.45) is 0. The highest BCUT2D eigenvalue weighted by Crippen LogP contribution is 2.25. The molecule has 5 nitrogen and oxygen atoms in total. The number of carbonyl (C=O) groups excluding carboxylic acids is 2. The van der Waals surface area contributed by atoms with E-state index >= 15 is 0 Å². The summed E-state index contributed by atoms with van der Waals surface area (Å²) in [4.78, 5) is 25.6. The molecule has 0 bridgehead atoms. The molecule has 116 valence electrons. The van der Waals surface area contributed by atoms with Gasteiger partial charge in [-0.1, -0.05) is 29.3 Å². The van der Waals surface area contributed by atoms with Crippen molar-refractivity contribution in [2.24, 2.45) is 0 Å². The molecule has 0 fully saturated rings. The Morgan fingerprint density at radius 1 is 1.33 bits per heavy atom. The molecular weight excluding hydrogens is 315 g/mol. The van der Waals surface area contributed by atoms with Crippen LogP contribution in [0.2, 0.25) is 10.0 Å². The van der Waals surface area contributed by atoms with Crippen molar-refractivity contribution in [2.45, 2.75) is 25.9 Å². The van der Waals surface area contributed by atoms with Crippen molar-refractivity contribution >= 4 is 35.0 Å². The Labute approximate surface area is 133 Å². The van der Waals surface area contributed by atoms with Gasteiger partial charge in [0.2, 0.25) is 5.91 Å². The van der Waals surface area contributed by atoms with Gasteiger partial charge in [-0.05, 0) is 26.0 Å². The molecular formula is C14H18Cl2N2O3. The average Bonchev–Trinajstić information content (AvgIpc) is 2.47. The van der Waals surface area contributed by atoms with Crippen LogP contribution in [0.1, 0.15) is 24.2 Å². The van der Waals surface area contributed by atoms with Crippen LogP contribution >= 0.6 is 23.2 Å². The molecule has 0 aromatic heterocycles. The van der Waals surface area contributed by atoms with Crippen LogP contribution in [0.4, 0.5) is 0 Å². The summed E-state index contributed by atoms with van der Waals surface area (Å²) in [7, 11) is 1.57. The molecule has 0 aliphatic heterocycles. The zero-order valence-electron chi connectivity index (χ0n) is 12.1. The molecule has 2 N–H and O–H groups in total. The molecule has 0 spiro atoms. The molecule has 0 radical (unpaired) electrons. The molecule has 2 unspecified atom stereocenters. The summed E-state index contributed by atoms with van der Waals surface area (Å²) >= 11 is 11.8. The average molecular weight is 333 g/mol. The Hall–Kier alpha value is -1.30. The van der Waals surface area contributed by atoms with Crippen LogP contribution in [0.25, 0.3) is 0 Å². The third kappa shape index (κ3) is 4.33. The van der Waals surface area contributed by atoms with Crippen LogP contribution in [-0.4, -0.2) is 47.6 Å². The normalized spacial score (nSPS) is 13.4. The maximum absolute atomic E-state index is 12.1. The van der Waals surface area contributed by atoms with Crippen LogP contribution < -0.4 is 5.32 Å². The summed E-state index contributed by atoms with van der Waals surface area (Å²) < 4.78 is 0. The van der Waals surface area contributed by atoms with Crippen LogP contribution in [0.3, 0.4) is 0 Å². The standard InChI is InChI=1S/C14H18Cl2N2O3/c1-8(7-19)18(3)14(21)9(2)17-13(20)10-5-4-6-11(15)12(10)16/h4-6,8-9,19H,7H2,1-3H3,(H,17,20). The van der Waals surface area contributed by atoms with Crippen molar-refractivity contribution in [3.8, 4) is 0 Å². The highest BCUT2D eigenvalue weighted by atomic mass is 35.5. The van der Waals surface area contributed by atoms with Gasteiger partial charge < -0.3 is 15.3 Å². The summed E-state index contributed by atoms with van der Waals surface area (Å²) in [6, 6.07) is 3.64. The Bertz CT molecular complexity index is 537. The third-order valence-corrected chi connectivity index (χ3v) is 4.01. The fourth-order valence-electron chi connectivity index (χ4n) is 1.66. The molecule has 0 saturated carbocycles. The number of likely N-dealkylation sites (N-methyl/N-ethyl adjacent to an activating group) is 1. The van der Waals surface area contributed by atoms with Gasteiger partial charge in [0, 0.05) is 7.05 Å². The molecule has 0 heterocycles. The van der Waals surface area contributed by atoms with E-state index in [0.717, 1.165) is 0 Å². The zero-order chi connectivity index (χ0) is 16.2. The number of halogens is 2. The first-order chi connectivity index (χ1) is 9.79. The van der Waals surface area contributed by atoms with E-state index in [-0.39, 0.29) is 34.2 Å². The highest BCUT2D eigenvalue weighted by molar-refractivity contribution is 6.43. The van der Waals surface area contributed by atoms with Gasteiger partial charge in [0.05, 0.1) is 28.3 Å². The number of hydrogen-bond acceptors (Lipinski definition) is 3. The Morgan fingerprint density at radius 3 is 2.52 bits per heavy atom. The number of amides is 2. The first kappa shape index (κ1) is 17.8. The van der Waals surface area contributed by atoms with Gasteiger partial charge in [0.25, 0.3) is 5.91 Å². The van der Waals surface area contributed by atoms with Gasteiger partial charge >= 0.3 is 0 Å². The largest absolute Gasteiger partial charge is 0.394 e. The van der Waals surface area contributed by atoms with Gasteiger partial charge in [-0.2, -0.15) is 0 Å². The number of rotatable bonds is 5. The summed E-state index contributed by atoms with van der Waals surface area (Å²) in [5.74, 6) is -0.781. The topological polar surface area (TPSA) is 69.6 Å². The number of benzene rings is 1. The maximum atomic E-state index is 12.1. The second-order valence-electron chi connectivity index (χ2n) is 4.78. The number of aliphatic hydroxyl groups is 1. The molecule has 2 amide bonds. The molecule has 0 saturated heterocycles. The summed E-state index contributed by atoms with van der Waals surface area (Å²) in [6.45, 7) is 3.13. The second-order valence-corrected chi connectivity index (χ2v) is 5.56. The van der Waals surface area contributed by atoms with E-state index in [4.69, 9.17) is 28.3 Å². The van der Waals surface area contributed by atoms with Gasteiger partial charge in [-0.25, -0.2) is 0 Å². The zero-order valence-corrected chi connectivity index (χ0v) is 13.6. The minimum absolute atomic E-state index is 0.147. The quantitative estimate of drug-likeness (QED) is 0.865. The van der Waals surface area contributed by atoms with E-state index in [1.807, 2.05) is 0 Å². The first-order valence-electron chi connectivity index (χ1n) is 6.42. The fraction of sp³-hybridized carbons (Fsp3) is 0.429. The number of hydrogen-bond donors (Lipinski definition) is 2. The first-order valence-corrected chi connectivity index (χ1v) is 7.17. The molecule has 1 aromatic rings. The molecule has 21 heavy (non-hydrogen) atoms. The maximum Gasteiger partial charge on any atom is 0.253 e. The van der Waals surface area contributed by atoms with Crippen molar-refractivity contribution in [3.63, 3.8) is 0 Å². The van der Waals surface area contributed by atoms with E-state index in [9.17, 15) is 9.59 Å². The summed E-state index contributed by atoms with van der Waals surface area (Å²) in [5, 5.41) is 12.0. The van der Waals surface area contributed by atoms with Gasteiger partial charge in [-0.3, -0.25) is 9.59 Å². The Balaban J connectivity index is 2.79. The fourth-order valence-corrected chi connectivity index (χ4v) is 2.05. The van der Waals surface area contributed by atoms with Crippen LogP contribution in [0, 0.1) is 0 Å². The minimum Gasteiger partial charge on any atom is -0.394 e. The highest BCUT2D eigenvalue weighted by Gasteiger charge is 2.23. The SMILES string of the molecule is CC(NC(=O)c1cccc(Cl)c1Cl)C(=O)N(C)C(C)CO. The lowest BCUT2D eigenvalue weighted by atomic mass is 10.2. The van der Waals surface area contributed by atoms with Crippen LogP contribution in [0.15, 0.2) is 18.2 Å². The number of nitrogens with zero attached hydrogens (tertiary/aromatic N) is 1. The lowest BCUT2D eigenvalue weighted by molar-refractivity contribution is -0.134. The predicted octanol–water partition coefficient (Wildman–Crippen LogP) is 1.95. The van der Waals surface area contributed by atoms with Crippen molar-refractivity contribution < 1.29 is 14.7 Å². The lowest BCUT2D eigenvalue weighted by Crippen LogP contribution is -2.49. The predicted molar refractivity (Wildman–Crippen MR) is 82.7 cm³/mol. The number of aliphatic hydroxyl groups excluding tert-OH is 1. The Kier molecular flexibility index (Phi) is 6.45. The van der Waals surface area contributed by atoms with E-state index < -0.39 is 11.9 Å². The van der Waals surface area contributed by atoms with Crippen molar-refractivity contribution in [1.82, 2.24) is 10.2 Å². The number of carbonyl (C=O) groups is 2. The molecule has 7 heteroatoms. The molecule has 1 rings (SSSR count). The molecule has 1 aromatic carbocycles. The van der Waals surface area contributed by atoms with Crippen molar-refractivity contribution in [3.05, 3.63) is 33.8 Å². The number of nitrogens with one attached hydrogen (secondary N) is 1. The summed E-state index contributed by atoms with van der Waals surface area (Å²) in [5.41, 5.74) is 0.210. The van der Waals surface area contributed by atoms with Crippen LogP contribution in [0.5, 0.6) is 0 Å². The monoisotopic (exact) mass is 332 g/mol. The van der Waals surface area contributed by atoms with E-state index in [1.54, 1.807) is 33.0 Å². The lowest BCUT2D eigenvalue weighted by Gasteiger charge is -2.26. The molecule has 0 aliphatic carbocycles. The second kappa shape index (κ2) is 7.64. The van der Waals surface area contributed by atoms with Crippen molar-refractivity contribution in [1.29, 1.82) is 0 Å². The minimum atomic E-state index is -0.744. The van der Waals surface area contributed by atoms with Gasteiger partial charge in [0.15, 0.2) is 0 Å². The van der Waals surface area contributed by atoms with Gasteiger partial charge in [0.1, 0.15) is 6.04 Å². The molecule has 0 aliphatic rings. The van der Waals surface area contributed by atoms with Crippen LogP contribution in [-0.2, 0) is 4.79 Å². The van der Waals surface area contributed by atoms with E-state index in [0.29, 0.717) is 0 Å². The van der Waals surface area contributed by atoms with Gasteiger partial charge in [-0.15, -0.1) is 0 Å². The third-order valence-electron chi connectivity index (χ3n) is 3.19. The van der Waals surface area contributed by atoms with E-state index in [1.165, 1.54) is 11.0 Å². The van der Waals surface area contributed by atoms with Crippen molar-refractivity contribution in [2.75, 3.05) is 13.7 Å².